The maximum absolute atomic E-state index is 11.4. The van der Waals surface area contributed by atoms with E-state index in [9.17, 15) is 9.00 Å². The third-order valence-corrected chi connectivity index (χ3v) is 2.75. The second-order valence-electron chi connectivity index (χ2n) is 2.37. The van der Waals surface area contributed by atoms with Crippen LogP contribution in [0.5, 0.6) is 0 Å². The molecule has 1 atom stereocenters. The van der Waals surface area contributed by atoms with E-state index in [1.165, 1.54) is 0 Å². The van der Waals surface area contributed by atoms with Gasteiger partial charge in [0.2, 0.25) is 5.91 Å². The molecule has 0 spiro atoms. The van der Waals surface area contributed by atoms with Gasteiger partial charge in [-0.3, -0.25) is 14.4 Å². The van der Waals surface area contributed by atoms with E-state index in [1.807, 2.05) is 11.5 Å². The van der Waals surface area contributed by atoms with Crippen molar-refractivity contribution < 1.29 is 9.00 Å². The Kier molecular flexibility index (Phi) is 3.60. The smallest absolute Gasteiger partial charge is 0.246 e. The third kappa shape index (κ3) is 2.96. The summed E-state index contributed by atoms with van der Waals surface area (Å²) in [7, 11) is -1.31. The van der Waals surface area contributed by atoms with Crippen molar-refractivity contribution >= 4 is 16.7 Å². The van der Waals surface area contributed by atoms with E-state index in [4.69, 9.17) is 5.84 Å². The normalized spacial score (nSPS) is 12.1. The average Bonchev–Trinajstić information content (AvgIpc) is 2.19. The summed E-state index contributed by atoms with van der Waals surface area (Å²) in [6.07, 6.45) is 0. The predicted molar refractivity (Wildman–Crippen MR) is 50.0 cm³/mol. The van der Waals surface area contributed by atoms with Crippen LogP contribution in [-0.4, -0.2) is 15.9 Å². The van der Waals surface area contributed by atoms with Gasteiger partial charge >= 0.3 is 0 Å². The molecule has 5 heteroatoms. The van der Waals surface area contributed by atoms with Crippen LogP contribution in [0.15, 0.2) is 35.2 Å². The summed E-state index contributed by atoms with van der Waals surface area (Å²) in [5.74, 6) is 4.34. The molecule has 4 nitrogen and oxygen atoms in total. The maximum Gasteiger partial charge on any atom is 0.246 e. The standard InChI is InChI=1S/C8H10N2O2S/c9-10-8(11)6-13(12)7-4-2-1-3-5-7/h1-5H,6,9H2,(H,10,11). The number of amides is 1. The molecule has 1 aromatic carbocycles. The van der Waals surface area contributed by atoms with Gasteiger partial charge in [0.25, 0.3) is 0 Å². The molecule has 0 aliphatic rings. The summed E-state index contributed by atoms with van der Waals surface area (Å²) in [6.45, 7) is 0. The van der Waals surface area contributed by atoms with Crippen LogP contribution in [0.25, 0.3) is 0 Å². The molecule has 3 N–H and O–H groups in total. The molecule has 0 bridgehead atoms. The molecule has 1 aromatic rings. The third-order valence-electron chi connectivity index (χ3n) is 1.43. The second-order valence-corrected chi connectivity index (χ2v) is 3.82. The largest absolute Gasteiger partial charge is 0.293 e. The minimum absolute atomic E-state index is 0.0967. The quantitative estimate of drug-likeness (QED) is 0.401. The number of benzene rings is 1. The zero-order valence-electron chi connectivity index (χ0n) is 6.90. The summed E-state index contributed by atoms with van der Waals surface area (Å²) in [4.78, 5) is 11.4. The number of carbonyl (C=O) groups excluding carboxylic acids is 1. The first-order chi connectivity index (χ1) is 6.24. The highest BCUT2D eigenvalue weighted by atomic mass is 32.2. The van der Waals surface area contributed by atoms with Crippen LogP contribution in [-0.2, 0) is 15.6 Å². The number of nitrogens with one attached hydrogen (secondary N) is 1. The first kappa shape index (κ1) is 9.88. The highest BCUT2D eigenvalue weighted by molar-refractivity contribution is 7.85. The van der Waals surface area contributed by atoms with Gasteiger partial charge in [0.1, 0.15) is 5.75 Å². The van der Waals surface area contributed by atoms with Crippen LogP contribution in [0.1, 0.15) is 0 Å². The van der Waals surface area contributed by atoms with Gasteiger partial charge in [-0.1, -0.05) is 18.2 Å². The van der Waals surface area contributed by atoms with Crippen molar-refractivity contribution in [2.24, 2.45) is 5.84 Å². The van der Waals surface area contributed by atoms with Crippen molar-refractivity contribution in [3.8, 4) is 0 Å². The maximum atomic E-state index is 11.4. The fourth-order valence-electron chi connectivity index (χ4n) is 0.816. The Morgan fingerprint density at radius 3 is 2.54 bits per heavy atom. The first-order valence-electron chi connectivity index (χ1n) is 3.67. The highest BCUT2D eigenvalue weighted by Gasteiger charge is 2.07. The van der Waals surface area contributed by atoms with Crippen LogP contribution in [0.4, 0.5) is 0 Å². The molecular formula is C8H10N2O2S. The number of hydrogen-bond donors (Lipinski definition) is 2. The van der Waals surface area contributed by atoms with Gasteiger partial charge in [-0.25, -0.2) is 5.84 Å². The fraction of sp³-hybridized carbons (Fsp3) is 0.125. The molecule has 1 rings (SSSR count). The topological polar surface area (TPSA) is 72.2 Å². The first-order valence-corrected chi connectivity index (χ1v) is 4.99. The molecule has 0 heterocycles. The zero-order valence-corrected chi connectivity index (χ0v) is 7.71. The van der Waals surface area contributed by atoms with Crippen molar-refractivity contribution in [2.75, 3.05) is 5.75 Å². The Hall–Kier alpha value is -1.20. The SMILES string of the molecule is NNC(=O)CS(=O)c1ccccc1. The van der Waals surface area contributed by atoms with Crippen molar-refractivity contribution in [3.63, 3.8) is 0 Å². The summed E-state index contributed by atoms with van der Waals surface area (Å²) < 4.78 is 11.4. The minimum atomic E-state index is -1.31. The van der Waals surface area contributed by atoms with E-state index in [2.05, 4.69) is 0 Å². The van der Waals surface area contributed by atoms with E-state index in [1.54, 1.807) is 24.3 Å². The monoisotopic (exact) mass is 198 g/mol. The van der Waals surface area contributed by atoms with Gasteiger partial charge in [-0.15, -0.1) is 0 Å². The Morgan fingerprint density at radius 2 is 2.00 bits per heavy atom. The number of carbonyl (C=O) groups is 1. The number of hydrazine groups is 1. The van der Waals surface area contributed by atoms with Gasteiger partial charge in [0, 0.05) is 4.90 Å². The predicted octanol–water partition coefficient (Wildman–Crippen LogP) is -0.216. The van der Waals surface area contributed by atoms with E-state index < -0.39 is 16.7 Å². The Labute approximate surface area is 78.6 Å². The molecule has 13 heavy (non-hydrogen) atoms. The van der Waals surface area contributed by atoms with Gasteiger partial charge < -0.3 is 0 Å². The lowest BCUT2D eigenvalue weighted by Gasteiger charge is -1.99. The summed E-state index contributed by atoms with van der Waals surface area (Å²) in [6, 6.07) is 8.78. The molecule has 1 unspecified atom stereocenters. The number of hydrogen-bond acceptors (Lipinski definition) is 3. The van der Waals surface area contributed by atoms with Gasteiger partial charge in [-0.05, 0) is 12.1 Å². The molecule has 0 fully saturated rings. The molecule has 0 aromatic heterocycles. The van der Waals surface area contributed by atoms with Gasteiger partial charge in [0.15, 0.2) is 0 Å². The molecular weight excluding hydrogens is 188 g/mol. The van der Waals surface area contributed by atoms with E-state index >= 15 is 0 Å². The zero-order chi connectivity index (χ0) is 9.68. The van der Waals surface area contributed by atoms with Crippen molar-refractivity contribution in [1.29, 1.82) is 0 Å². The van der Waals surface area contributed by atoms with Gasteiger partial charge in [0.05, 0.1) is 10.8 Å². The summed E-state index contributed by atoms with van der Waals surface area (Å²) in [5.41, 5.74) is 1.93. The average molecular weight is 198 g/mol. The molecule has 0 saturated heterocycles. The van der Waals surface area contributed by atoms with Crippen LogP contribution >= 0.6 is 0 Å². The lowest BCUT2D eigenvalue weighted by Crippen LogP contribution is -2.33. The van der Waals surface area contributed by atoms with Crippen LogP contribution in [0, 0.1) is 0 Å². The summed E-state index contributed by atoms with van der Waals surface area (Å²) >= 11 is 0. The van der Waals surface area contributed by atoms with Crippen LogP contribution < -0.4 is 11.3 Å². The molecule has 70 valence electrons. The number of rotatable bonds is 3. The van der Waals surface area contributed by atoms with Crippen LogP contribution in [0.2, 0.25) is 0 Å². The van der Waals surface area contributed by atoms with Gasteiger partial charge in [-0.2, -0.15) is 0 Å². The Balaban J connectivity index is 2.65. The van der Waals surface area contributed by atoms with E-state index in [0.29, 0.717) is 4.90 Å². The minimum Gasteiger partial charge on any atom is -0.293 e. The Morgan fingerprint density at radius 1 is 1.38 bits per heavy atom. The van der Waals surface area contributed by atoms with Crippen molar-refractivity contribution in [1.82, 2.24) is 5.43 Å². The highest BCUT2D eigenvalue weighted by Crippen LogP contribution is 2.04. The van der Waals surface area contributed by atoms with Crippen molar-refractivity contribution in [3.05, 3.63) is 30.3 Å². The lowest BCUT2D eigenvalue weighted by molar-refractivity contribution is -0.118. The molecule has 0 aliphatic heterocycles. The molecule has 1 amide bonds. The summed E-state index contributed by atoms with van der Waals surface area (Å²) in [5, 5.41) is 0. The fourth-order valence-corrected chi connectivity index (χ4v) is 1.77. The van der Waals surface area contributed by atoms with E-state index in [-0.39, 0.29) is 5.75 Å². The van der Waals surface area contributed by atoms with Crippen molar-refractivity contribution in [2.45, 2.75) is 4.90 Å². The molecule has 0 radical (unpaired) electrons. The second kappa shape index (κ2) is 4.74. The van der Waals surface area contributed by atoms with Crippen LogP contribution in [0.3, 0.4) is 0 Å². The number of nitrogens with two attached hydrogens (primary N) is 1. The Bertz CT molecular complexity index is 313. The molecule has 0 aliphatic carbocycles. The molecule has 0 saturated carbocycles. The van der Waals surface area contributed by atoms with E-state index in [0.717, 1.165) is 0 Å². The lowest BCUT2D eigenvalue weighted by atomic mass is 10.4.